The Kier molecular flexibility index (Phi) is 5.31. The van der Waals surface area contributed by atoms with Crippen molar-refractivity contribution >= 4 is 5.97 Å². The van der Waals surface area contributed by atoms with Crippen LogP contribution >= 0.6 is 0 Å². The van der Waals surface area contributed by atoms with E-state index in [1.807, 2.05) is 0 Å². The first-order valence-corrected chi connectivity index (χ1v) is 6.68. The van der Waals surface area contributed by atoms with Gasteiger partial charge >= 0.3 is 5.97 Å². The second-order valence-electron chi connectivity index (χ2n) is 4.56. The van der Waals surface area contributed by atoms with E-state index in [0.717, 1.165) is 30.5 Å². The first kappa shape index (κ1) is 14.7. The van der Waals surface area contributed by atoms with E-state index in [-0.39, 0.29) is 18.1 Å². The van der Waals surface area contributed by atoms with Gasteiger partial charge in [0.25, 0.3) is 0 Å². The molecular weight excluding hydrogens is 262 g/mol. The molecule has 1 heterocycles. The quantitative estimate of drug-likeness (QED) is 0.724. The molecule has 0 atom stereocenters. The summed E-state index contributed by atoms with van der Waals surface area (Å²) in [5.41, 5.74) is 2.10. The highest BCUT2D eigenvalue weighted by Crippen LogP contribution is 2.26. The molecule has 0 saturated carbocycles. The molecule has 0 bridgehead atoms. The molecule has 6 heteroatoms. The van der Waals surface area contributed by atoms with Gasteiger partial charge in [-0.15, -0.1) is 0 Å². The number of aryl methyl sites for hydroxylation is 2. The van der Waals surface area contributed by atoms with Gasteiger partial charge in [-0.05, 0) is 30.9 Å². The summed E-state index contributed by atoms with van der Waals surface area (Å²) in [6, 6.07) is 1.68. The van der Waals surface area contributed by atoms with Crippen molar-refractivity contribution in [2.45, 2.75) is 19.3 Å². The van der Waals surface area contributed by atoms with Crippen molar-refractivity contribution in [2.75, 3.05) is 33.5 Å². The second kappa shape index (κ2) is 7.21. The molecule has 0 unspecified atom stereocenters. The molecule has 0 aromatic carbocycles. The van der Waals surface area contributed by atoms with Crippen LogP contribution in [-0.4, -0.2) is 49.6 Å². The Balaban J connectivity index is 1.94. The fourth-order valence-electron chi connectivity index (χ4n) is 2.16. The SMILES string of the molecule is COCCOCCOc1nc2c(cc1C(=O)O)CCC2. The Bertz CT molecular complexity index is 475. The minimum Gasteiger partial charge on any atom is -0.477 e. The average molecular weight is 281 g/mol. The fourth-order valence-corrected chi connectivity index (χ4v) is 2.16. The van der Waals surface area contributed by atoms with E-state index in [4.69, 9.17) is 14.2 Å². The number of carbonyl (C=O) groups is 1. The minimum absolute atomic E-state index is 0.127. The molecule has 1 aromatic rings. The summed E-state index contributed by atoms with van der Waals surface area (Å²) in [5, 5.41) is 9.20. The predicted octanol–water partition coefficient (Wildman–Crippen LogP) is 1.31. The Labute approximate surface area is 117 Å². The zero-order valence-electron chi connectivity index (χ0n) is 11.6. The summed E-state index contributed by atoms with van der Waals surface area (Å²) in [6.45, 7) is 1.66. The molecule has 0 radical (unpaired) electrons. The highest BCUT2D eigenvalue weighted by molar-refractivity contribution is 5.90. The second-order valence-corrected chi connectivity index (χ2v) is 4.56. The molecule has 1 aromatic heterocycles. The van der Waals surface area contributed by atoms with Crippen molar-refractivity contribution in [1.29, 1.82) is 0 Å². The summed E-state index contributed by atoms with van der Waals surface area (Å²) in [4.78, 5) is 15.6. The molecule has 0 amide bonds. The third-order valence-electron chi connectivity index (χ3n) is 3.14. The Morgan fingerprint density at radius 3 is 2.85 bits per heavy atom. The molecule has 0 saturated heterocycles. The highest BCUT2D eigenvalue weighted by atomic mass is 16.5. The Hall–Kier alpha value is -1.66. The van der Waals surface area contributed by atoms with Crippen LogP contribution in [0.3, 0.4) is 0 Å². The number of hydrogen-bond acceptors (Lipinski definition) is 5. The summed E-state index contributed by atoms with van der Waals surface area (Å²) in [6.07, 6.45) is 2.80. The van der Waals surface area contributed by atoms with Crippen molar-refractivity contribution in [3.8, 4) is 5.88 Å². The van der Waals surface area contributed by atoms with Gasteiger partial charge in [-0.2, -0.15) is 0 Å². The molecule has 1 aliphatic carbocycles. The van der Waals surface area contributed by atoms with Gasteiger partial charge in [-0.3, -0.25) is 0 Å². The molecular formula is C14H19NO5. The van der Waals surface area contributed by atoms with Gasteiger partial charge in [0.2, 0.25) is 5.88 Å². The van der Waals surface area contributed by atoms with Crippen LogP contribution in [0.15, 0.2) is 6.07 Å². The van der Waals surface area contributed by atoms with Gasteiger partial charge in [-0.25, -0.2) is 9.78 Å². The topological polar surface area (TPSA) is 77.9 Å². The van der Waals surface area contributed by atoms with Crippen LogP contribution in [0.25, 0.3) is 0 Å². The van der Waals surface area contributed by atoms with Crippen molar-refractivity contribution in [3.63, 3.8) is 0 Å². The van der Waals surface area contributed by atoms with Crippen LogP contribution < -0.4 is 4.74 Å². The number of methoxy groups -OCH3 is 1. The lowest BCUT2D eigenvalue weighted by molar-refractivity contribution is 0.0526. The van der Waals surface area contributed by atoms with Gasteiger partial charge in [0.15, 0.2) is 0 Å². The lowest BCUT2D eigenvalue weighted by Gasteiger charge is -2.10. The van der Waals surface area contributed by atoms with Crippen molar-refractivity contribution in [1.82, 2.24) is 4.98 Å². The van der Waals surface area contributed by atoms with Crippen LogP contribution in [0, 0.1) is 0 Å². The van der Waals surface area contributed by atoms with Crippen LogP contribution in [0.5, 0.6) is 5.88 Å². The smallest absolute Gasteiger partial charge is 0.341 e. The summed E-state index contributed by atoms with van der Waals surface area (Å²) >= 11 is 0. The van der Waals surface area contributed by atoms with Crippen molar-refractivity contribution < 1.29 is 24.1 Å². The lowest BCUT2D eigenvalue weighted by atomic mass is 10.1. The average Bonchev–Trinajstić information content (AvgIpc) is 2.88. The number of ether oxygens (including phenoxy) is 3. The molecule has 0 spiro atoms. The number of hydrogen-bond donors (Lipinski definition) is 1. The molecule has 1 aliphatic rings. The molecule has 2 rings (SSSR count). The van der Waals surface area contributed by atoms with Crippen molar-refractivity contribution in [3.05, 3.63) is 22.9 Å². The van der Waals surface area contributed by atoms with Crippen LogP contribution in [0.2, 0.25) is 0 Å². The Morgan fingerprint density at radius 1 is 1.30 bits per heavy atom. The standard InChI is InChI=1S/C14H19NO5/c1-18-5-6-19-7-8-20-13-11(14(16)17)9-10-3-2-4-12(10)15-13/h9H,2-8H2,1H3,(H,16,17). The third kappa shape index (κ3) is 3.68. The molecule has 6 nitrogen and oxygen atoms in total. The maximum Gasteiger partial charge on any atom is 0.341 e. The minimum atomic E-state index is -1.01. The number of rotatable bonds is 8. The van der Waals surface area contributed by atoms with E-state index < -0.39 is 5.97 Å². The maximum absolute atomic E-state index is 11.2. The van der Waals surface area contributed by atoms with E-state index in [0.29, 0.717) is 19.8 Å². The number of fused-ring (bicyclic) bond motifs is 1. The number of aromatic carboxylic acids is 1. The predicted molar refractivity (Wildman–Crippen MR) is 71.4 cm³/mol. The molecule has 0 aliphatic heterocycles. The molecule has 1 N–H and O–H groups in total. The van der Waals surface area contributed by atoms with Crippen LogP contribution in [-0.2, 0) is 22.3 Å². The maximum atomic E-state index is 11.2. The number of pyridine rings is 1. The van der Waals surface area contributed by atoms with E-state index in [2.05, 4.69) is 4.98 Å². The number of nitrogens with zero attached hydrogens (tertiary/aromatic N) is 1. The van der Waals surface area contributed by atoms with E-state index >= 15 is 0 Å². The summed E-state index contributed by atoms with van der Waals surface area (Å²) in [7, 11) is 1.60. The first-order chi connectivity index (χ1) is 9.72. The van der Waals surface area contributed by atoms with E-state index in [1.54, 1.807) is 13.2 Å². The van der Waals surface area contributed by atoms with Crippen LogP contribution in [0.4, 0.5) is 0 Å². The third-order valence-corrected chi connectivity index (χ3v) is 3.14. The number of carboxylic acid groups (broad SMARTS) is 1. The van der Waals surface area contributed by atoms with Gasteiger partial charge < -0.3 is 19.3 Å². The zero-order valence-corrected chi connectivity index (χ0v) is 11.6. The van der Waals surface area contributed by atoms with Gasteiger partial charge in [-0.1, -0.05) is 0 Å². The first-order valence-electron chi connectivity index (χ1n) is 6.68. The Morgan fingerprint density at radius 2 is 2.10 bits per heavy atom. The molecule has 0 fully saturated rings. The fraction of sp³-hybridized carbons (Fsp3) is 0.571. The van der Waals surface area contributed by atoms with Gasteiger partial charge in [0.1, 0.15) is 12.2 Å². The lowest BCUT2D eigenvalue weighted by Crippen LogP contribution is -2.13. The highest BCUT2D eigenvalue weighted by Gasteiger charge is 2.20. The molecule has 20 heavy (non-hydrogen) atoms. The zero-order chi connectivity index (χ0) is 14.4. The van der Waals surface area contributed by atoms with Gasteiger partial charge in [0, 0.05) is 12.8 Å². The summed E-state index contributed by atoms with van der Waals surface area (Å²) in [5.74, 6) is -0.823. The van der Waals surface area contributed by atoms with Crippen molar-refractivity contribution in [2.24, 2.45) is 0 Å². The molecule has 110 valence electrons. The normalized spacial score (nSPS) is 13.2. The largest absolute Gasteiger partial charge is 0.477 e. The summed E-state index contributed by atoms with van der Waals surface area (Å²) < 4.78 is 15.6. The number of aromatic nitrogens is 1. The van der Waals surface area contributed by atoms with E-state index in [1.165, 1.54) is 0 Å². The van der Waals surface area contributed by atoms with Gasteiger partial charge in [0.05, 0.1) is 19.8 Å². The van der Waals surface area contributed by atoms with Crippen LogP contribution in [0.1, 0.15) is 28.0 Å². The monoisotopic (exact) mass is 281 g/mol. The number of carboxylic acids is 1. The van der Waals surface area contributed by atoms with E-state index in [9.17, 15) is 9.90 Å².